The second-order valence-corrected chi connectivity index (χ2v) is 4.13. The summed E-state index contributed by atoms with van der Waals surface area (Å²) >= 11 is 5.69. The topological polar surface area (TPSA) is 54.4 Å². The van der Waals surface area contributed by atoms with Crippen molar-refractivity contribution in [3.8, 4) is 0 Å². The Bertz CT molecular complexity index is 437. The van der Waals surface area contributed by atoms with Crippen LogP contribution in [-0.4, -0.2) is 13.0 Å². The molecule has 3 nitrogen and oxygen atoms in total. The number of halogens is 1. The van der Waals surface area contributed by atoms with Crippen LogP contribution in [-0.2, 0) is 10.1 Å². The van der Waals surface area contributed by atoms with Gasteiger partial charge in [-0.25, -0.2) is 0 Å². The van der Waals surface area contributed by atoms with E-state index in [1.807, 2.05) is 0 Å². The molecule has 0 fully saturated rings. The lowest BCUT2D eigenvalue weighted by atomic mass is 10.2. The van der Waals surface area contributed by atoms with E-state index in [0.29, 0.717) is 0 Å². The molecule has 70 valence electrons. The minimum atomic E-state index is -4.22. The molecule has 0 aliphatic rings. The quantitative estimate of drug-likeness (QED) is 0.775. The maximum Gasteiger partial charge on any atom is 0.295 e. The van der Waals surface area contributed by atoms with E-state index in [2.05, 4.69) is 6.58 Å². The number of hydrogen-bond donors (Lipinski definition) is 1. The van der Waals surface area contributed by atoms with Gasteiger partial charge in [0.1, 0.15) is 4.90 Å². The lowest BCUT2D eigenvalue weighted by Gasteiger charge is -2.03. The first-order valence-electron chi connectivity index (χ1n) is 3.35. The van der Waals surface area contributed by atoms with Gasteiger partial charge in [-0.2, -0.15) is 8.42 Å². The second kappa shape index (κ2) is 3.49. The molecule has 0 aliphatic carbocycles. The SMILES string of the molecule is C=Cc1c(Cl)cccc1S(=O)(=O)O. The Labute approximate surface area is 81.4 Å². The summed E-state index contributed by atoms with van der Waals surface area (Å²) in [5.74, 6) is 0. The summed E-state index contributed by atoms with van der Waals surface area (Å²) in [7, 11) is -4.22. The summed E-state index contributed by atoms with van der Waals surface area (Å²) < 4.78 is 30.4. The monoisotopic (exact) mass is 218 g/mol. The molecule has 0 atom stereocenters. The predicted octanol–water partition coefficient (Wildman–Crippen LogP) is 2.23. The second-order valence-electron chi connectivity index (χ2n) is 2.33. The van der Waals surface area contributed by atoms with Crippen molar-refractivity contribution in [3.05, 3.63) is 35.4 Å². The predicted molar refractivity (Wildman–Crippen MR) is 51.4 cm³/mol. The molecule has 0 aliphatic heterocycles. The van der Waals surface area contributed by atoms with Crippen LogP contribution in [0.25, 0.3) is 6.08 Å². The molecular formula is C8H7ClO3S. The zero-order valence-electron chi connectivity index (χ0n) is 6.57. The minimum Gasteiger partial charge on any atom is -0.282 e. The van der Waals surface area contributed by atoms with Crippen LogP contribution in [0, 0.1) is 0 Å². The van der Waals surface area contributed by atoms with Crippen molar-refractivity contribution >= 4 is 27.8 Å². The minimum absolute atomic E-state index is 0.215. The van der Waals surface area contributed by atoms with Crippen LogP contribution in [0.15, 0.2) is 29.7 Å². The Morgan fingerprint density at radius 1 is 1.46 bits per heavy atom. The Balaban J connectivity index is 3.56. The molecule has 0 saturated carbocycles. The molecule has 1 rings (SSSR count). The summed E-state index contributed by atoms with van der Waals surface area (Å²) in [5.41, 5.74) is 0.215. The molecule has 1 aromatic rings. The van der Waals surface area contributed by atoms with Crippen molar-refractivity contribution in [3.63, 3.8) is 0 Å². The lowest BCUT2D eigenvalue weighted by Crippen LogP contribution is -2.00. The van der Waals surface area contributed by atoms with Crippen LogP contribution in [0.5, 0.6) is 0 Å². The standard InChI is InChI=1S/C8H7ClO3S/c1-2-6-7(9)4-3-5-8(6)13(10,11)12/h2-5H,1H2,(H,10,11,12). The average molecular weight is 219 g/mol. The van der Waals surface area contributed by atoms with E-state index in [4.69, 9.17) is 16.2 Å². The zero-order chi connectivity index (χ0) is 10.1. The first-order chi connectivity index (χ1) is 5.96. The fourth-order valence-corrected chi connectivity index (χ4v) is 1.97. The maximum atomic E-state index is 10.8. The molecule has 0 saturated heterocycles. The molecule has 0 radical (unpaired) electrons. The summed E-state index contributed by atoms with van der Waals surface area (Å²) in [6.07, 6.45) is 1.28. The normalized spacial score (nSPS) is 11.2. The number of rotatable bonds is 2. The highest BCUT2D eigenvalue weighted by atomic mass is 35.5. The van der Waals surface area contributed by atoms with Crippen molar-refractivity contribution < 1.29 is 13.0 Å². The molecule has 0 heterocycles. The van der Waals surface area contributed by atoms with Gasteiger partial charge in [-0.1, -0.05) is 30.3 Å². The van der Waals surface area contributed by atoms with Gasteiger partial charge in [0.15, 0.2) is 0 Å². The van der Waals surface area contributed by atoms with Crippen molar-refractivity contribution in [2.24, 2.45) is 0 Å². The molecule has 1 aromatic carbocycles. The molecule has 13 heavy (non-hydrogen) atoms. The van der Waals surface area contributed by atoms with Gasteiger partial charge in [0.05, 0.1) is 0 Å². The van der Waals surface area contributed by atoms with E-state index in [9.17, 15) is 8.42 Å². The van der Waals surface area contributed by atoms with Crippen molar-refractivity contribution in [2.45, 2.75) is 4.90 Å². The molecule has 0 aromatic heterocycles. The highest BCUT2D eigenvalue weighted by Gasteiger charge is 2.14. The largest absolute Gasteiger partial charge is 0.295 e. The van der Waals surface area contributed by atoms with Crippen LogP contribution in [0.2, 0.25) is 5.02 Å². The molecule has 1 N–H and O–H groups in total. The van der Waals surface area contributed by atoms with Crippen LogP contribution in [0.3, 0.4) is 0 Å². The van der Waals surface area contributed by atoms with E-state index in [1.165, 1.54) is 24.3 Å². The van der Waals surface area contributed by atoms with Gasteiger partial charge in [0, 0.05) is 10.6 Å². The molecule has 5 heteroatoms. The Morgan fingerprint density at radius 3 is 2.46 bits per heavy atom. The van der Waals surface area contributed by atoms with E-state index >= 15 is 0 Å². The molecule has 0 unspecified atom stereocenters. The van der Waals surface area contributed by atoms with Gasteiger partial charge in [-0.3, -0.25) is 4.55 Å². The Morgan fingerprint density at radius 2 is 2.08 bits per heavy atom. The molecule has 0 amide bonds. The Hall–Kier alpha value is -0.840. The van der Waals surface area contributed by atoms with Gasteiger partial charge in [0.25, 0.3) is 10.1 Å². The highest BCUT2D eigenvalue weighted by Crippen LogP contribution is 2.24. The fraction of sp³-hybridized carbons (Fsp3) is 0. The van der Waals surface area contributed by atoms with Gasteiger partial charge >= 0.3 is 0 Å². The van der Waals surface area contributed by atoms with Crippen molar-refractivity contribution in [2.75, 3.05) is 0 Å². The first-order valence-corrected chi connectivity index (χ1v) is 5.17. The first kappa shape index (κ1) is 10.2. The fourth-order valence-electron chi connectivity index (χ4n) is 0.940. The van der Waals surface area contributed by atoms with E-state index in [0.717, 1.165) is 0 Å². The van der Waals surface area contributed by atoms with E-state index in [-0.39, 0.29) is 15.5 Å². The molecule has 0 bridgehead atoms. The van der Waals surface area contributed by atoms with Gasteiger partial charge in [0.2, 0.25) is 0 Å². The molecule has 0 spiro atoms. The van der Waals surface area contributed by atoms with Gasteiger partial charge < -0.3 is 0 Å². The van der Waals surface area contributed by atoms with Crippen LogP contribution >= 0.6 is 11.6 Å². The summed E-state index contributed by atoms with van der Waals surface area (Å²) in [6.45, 7) is 3.41. The summed E-state index contributed by atoms with van der Waals surface area (Å²) in [6, 6.07) is 4.23. The number of benzene rings is 1. The zero-order valence-corrected chi connectivity index (χ0v) is 8.14. The maximum absolute atomic E-state index is 10.8. The summed E-state index contributed by atoms with van der Waals surface area (Å²) in [4.78, 5) is -0.227. The third-order valence-corrected chi connectivity index (χ3v) is 2.74. The lowest BCUT2D eigenvalue weighted by molar-refractivity contribution is 0.483. The smallest absolute Gasteiger partial charge is 0.282 e. The van der Waals surface area contributed by atoms with E-state index in [1.54, 1.807) is 0 Å². The highest BCUT2D eigenvalue weighted by molar-refractivity contribution is 7.86. The van der Waals surface area contributed by atoms with Crippen LogP contribution < -0.4 is 0 Å². The van der Waals surface area contributed by atoms with Crippen molar-refractivity contribution in [1.82, 2.24) is 0 Å². The van der Waals surface area contributed by atoms with Crippen molar-refractivity contribution in [1.29, 1.82) is 0 Å². The van der Waals surface area contributed by atoms with Crippen LogP contribution in [0.4, 0.5) is 0 Å². The summed E-state index contributed by atoms with van der Waals surface area (Å²) in [5, 5.41) is 0.241. The van der Waals surface area contributed by atoms with E-state index < -0.39 is 10.1 Å². The molecular weight excluding hydrogens is 212 g/mol. The average Bonchev–Trinajstić information content (AvgIpc) is 2.02. The van der Waals surface area contributed by atoms with Gasteiger partial charge in [-0.15, -0.1) is 0 Å². The van der Waals surface area contributed by atoms with Crippen LogP contribution in [0.1, 0.15) is 5.56 Å². The third-order valence-electron chi connectivity index (χ3n) is 1.49. The third kappa shape index (κ3) is 2.09. The Kier molecular flexibility index (Phi) is 2.75. The number of hydrogen-bond acceptors (Lipinski definition) is 2. The van der Waals surface area contributed by atoms with Gasteiger partial charge in [-0.05, 0) is 12.1 Å².